The number of hydrogen-bond acceptors (Lipinski definition) is 6. The lowest BCUT2D eigenvalue weighted by molar-refractivity contribution is -0.132. The molecule has 0 fully saturated rings. The molecule has 0 saturated carbocycles. The topological polar surface area (TPSA) is 99.4 Å². The van der Waals surface area contributed by atoms with E-state index in [0.29, 0.717) is 26.2 Å². The number of hydrogen-bond donors (Lipinski definition) is 2. The Bertz CT molecular complexity index is 1540. The fourth-order valence-electron chi connectivity index (χ4n) is 6.53. The number of benzene rings is 2. The molecule has 9 heteroatoms. The van der Waals surface area contributed by atoms with E-state index in [1.165, 1.54) is 0 Å². The predicted octanol–water partition coefficient (Wildman–Crippen LogP) is 7.98. The Morgan fingerprint density at radius 1 is 0.739 bits per heavy atom. The van der Waals surface area contributed by atoms with E-state index in [4.69, 9.17) is 14.5 Å². The number of rotatable bonds is 15. The second-order valence-electron chi connectivity index (χ2n) is 12.4. The van der Waals surface area contributed by atoms with Gasteiger partial charge in [0.2, 0.25) is 5.91 Å². The number of aromatic nitrogens is 4. The molecule has 2 aromatic heterocycles. The summed E-state index contributed by atoms with van der Waals surface area (Å²) in [6.45, 7) is 16.6. The van der Waals surface area contributed by atoms with E-state index < -0.39 is 0 Å². The van der Waals surface area contributed by atoms with Gasteiger partial charge >= 0.3 is 0 Å². The summed E-state index contributed by atoms with van der Waals surface area (Å²) in [6.07, 6.45) is 9.20. The molecule has 0 radical (unpaired) electrons. The summed E-state index contributed by atoms with van der Waals surface area (Å²) >= 11 is 0. The normalized spacial score (nSPS) is 12.7. The van der Waals surface area contributed by atoms with Crippen LogP contribution in [-0.4, -0.2) is 48.7 Å². The van der Waals surface area contributed by atoms with Gasteiger partial charge in [-0.25, -0.2) is 9.97 Å². The lowest BCUT2D eigenvalue weighted by atomic mass is 9.87. The van der Waals surface area contributed by atoms with Gasteiger partial charge in [-0.1, -0.05) is 40.7 Å². The van der Waals surface area contributed by atoms with Crippen LogP contribution in [0.5, 0.6) is 11.5 Å². The lowest BCUT2D eigenvalue weighted by Gasteiger charge is -2.30. The summed E-state index contributed by atoms with van der Waals surface area (Å²) < 4.78 is 12.8. The van der Waals surface area contributed by atoms with Crippen LogP contribution < -0.4 is 9.47 Å². The number of amides is 1. The first-order valence-corrected chi connectivity index (χ1v) is 16.8. The number of carbonyl (C=O) groups excluding carboxylic acids is 1. The van der Waals surface area contributed by atoms with E-state index >= 15 is 0 Å². The van der Waals surface area contributed by atoms with Crippen LogP contribution in [0.3, 0.4) is 0 Å². The smallest absolute Gasteiger partial charge is 0.222 e. The quantitative estimate of drug-likeness (QED) is 0.139. The highest BCUT2D eigenvalue weighted by Gasteiger charge is 2.30. The Balaban J connectivity index is 1.23. The van der Waals surface area contributed by atoms with Gasteiger partial charge in [0.25, 0.3) is 0 Å². The Hall–Kier alpha value is -4.53. The third-order valence-corrected chi connectivity index (χ3v) is 8.73. The molecule has 2 N–H and O–H groups in total. The number of allylic oxidation sites excluding steroid dienone is 1. The first kappa shape index (κ1) is 31.5. The minimum Gasteiger partial charge on any atom is -0.488 e. The fraction of sp³-hybridized carbons (Fsp3) is 0.432. The monoisotopic (exact) mass is 622 g/mol. The Kier molecular flexibility index (Phi) is 9.47. The van der Waals surface area contributed by atoms with Crippen molar-refractivity contribution in [3.63, 3.8) is 0 Å². The van der Waals surface area contributed by atoms with E-state index in [-0.39, 0.29) is 5.91 Å². The predicted molar refractivity (Wildman–Crippen MR) is 181 cm³/mol. The van der Waals surface area contributed by atoms with Crippen LogP contribution in [0.25, 0.3) is 33.6 Å². The molecule has 0 unspecified atom stereocenters. The van der Waals surface area contributed by atoms with Crippen molar-refractivity contribution in [1.82, 2.24) is 29.7 Å². The molecule has 0 bridgehead atoms. The van der Waals surface area contributed by atoms with E-state index in [9.17, 15) is 4.79 Å². The van der Waals surface area contributed by atoms with Crippen LogP contribution >= 0.6 is 0 Å². The van der Waals surface area contributed by atoms with Crippen molar-refractivity contribution in [1.29, 1.82) is 0 Å². The summed E-state index contributed by atoms with van der Waals surface area (Å²) in [5.41, 5.74) is 9.45. The Morgan fingerprint density at radius 2 is 1.24 bits per heavy atom. The van der Waals surface area contributed by atoms with Crippen molar-refractivity contribution in [3.8, 4) is 45.1 Å². The van der Waals surface area contributed by atoms with E-state index in [2.05, 4.69) is 71.5 Å². The van der Waals surface area contributed by atoms with Gasteiger partial charge in [-0.2, -0.15) is 0 Å². The van der Waals surface area contributed by atoms with Gasteiger partial charge in [-0.3, -0.25) is 4.79 Å². The highest BCUT2D eigenvalue weighted by atomic mass is 16.5. The van der Waals surface area contributed by atoms with Crippen molar-refractivity contribution in [2.75, 3.05) is 13.1 Å². The standard InChI is InChI=1S/C37H46N6O3/c1-6-10-24(5)42(12-8-3)20-33-38-18-29(40-33)25-14-27-22-46-32-17-26(15-28-23-45-31(16-25)36(27)37(28)32)30-19-39-34(41-30)21-43(13-9-4)35(44)11-7-2/h14-19H,5-13,20-23H2,1-4H3,(H,38,40)(H,39,41). The maximum atomic E-state index is 12.6. The molecule has 0 saturated heterocycles. The van der Waals surface area contributed by atoms with Crippen LogP contribution in [0.4, 0.5) is 0 Å². The summed E-state index contributed by atoms with van der Waals surface area (Å²) in [5, 5.41) is 0. The second kappa shape index (κ2) is 13.8. The zero-order chi connectivity index (χ0) is 32.2. The third kappa shape index (κ3) is 6.41. The van der Waals surface area contributed by atoms with E-state index in [1.54, 1.807) is 0 Å². The van der Waals surface area contributed by atoms with Gasteiger partial charge in [0, 0.05) is 58.6 Å². The molecular formula is C37H46N6O3. The zero-order valence-corrected chi connectivity index (χ0v) is 27.7. The highest BCUT2D eigenvalue weighted by Crippen LogP contribution is 2.50. The third-order valence-electron chi connectivity index (χ3n) is 8.73. The van der Waals surface area contributed by atoms with Crippen molar-refractivity contribution in [2.45, 2.75) is 92.5 Å². The molecule has 6 rings (SSSR count). The number of nitrogens with one attached hydrogen (secondary N) is 2. The average Bonchev–Trinajstić information content (AvgIpc) is 3.73. The Labute approximate surface area is 272 Å². The van der Waals surface area contributed by atoms with Gasteiger partial charge in [0.1, 0.15) is 36.4 Å². The van der Waals surface area contributed by atoms with E-state index in [1.807, 2.05) is 24.2 Å². The maximum absolute atomic E-state index is 12.6. The Morgan fingerprint density at radius 3 is 1.74 bits per heavy atom. The molecule has 0 atom stereocenters. The first-order valence-electron chi connectivity index (χ1n) is 16.8. The molecule has 0 spiro atoms. The molecule has 4 aromatic rings. The van der Waals surface area contributed by atoms with Gasteiger partial charge in [0.15, 0.2) is 0 Å². The summed E-state index contributed by atoms with van der Waals surface area (Å²) in [7, 11) is 0. The number of H-pyrrole nitrogens is 2. The number of ether oxygens (including phenoxy) is 2. The minimum absolute atomic E-state index is 0.170. The van der Waals surface area contributed by atoms with Crippen LogP contribution in [-0.2, 0) is 31.1 Å². The highest BCUT2D eigenvalue weighted by molar-refractivity contribution is 5.88. The first-order chi connectivity index (χ1) is 22.4. The maximum Gasteiger partial charge on any atom is 0.222 e. The number of carbonyl (C=O) groups is 1. The van der Waals surface area contributed by atoms with E-state index in [0.717, 1.165) is 125 Å². The largest absolute Gasteiger partial charge is 0.488 e. The number of aromatic amines is 2. The molecule has 2 aliphatic heterocycles. The number of nitrogens with zero attached hydrogens (tertiary/aromatic N) is 4. The van der Waals surface area contributed by atoms with Gasteiger partial charge in [-0.05, 0) is 49.9 Å². The number of imidazole rings is 2. The van der Waals surface area contributed by atoms with Crippen LogP contribution in [0.2, 0.25) is 0 Å². The molecule has 1 amide bonds. The molecular weight excluding hydrogens is 576 g/mol. The molecule has 242 valence electrons. The van der Waals surface area contributed by atoms with Crippen molar-refractivity contribution in [3.05, 3.63) is 71.7 Å². The molecule has 46 heavy (non-hydrogen) atoms. The van der Waals surface area contributed by atoms with Crippen molar-refractivity contribution < 1.29 is 14.3 Å². The second-order valence-corrected chi connectivity index (χ2v) is 12.4. The molecule has 0 aliphatic carbocycles. The van der Waals surface area contributed by atoms with Crippen LogP contribution in [0, 0.1) is 0 Å². The molecule has 9 nitrogen and oxygen atoms in total. The SMILES string of the molecule is C=C(CCC)N(CCC)Cc1ncc(-c2cc3c4c(c2)OCc2cc(-c5cnc(CN(CCC)C(=O)CCC)[nH]5)cc(c2-4)OC3)[nH]1. The lowest BCUT2D eigenvalue weighted by Crippen LogP contribution is -2.31. The van der Waals surface area contributed by atoms with Crippen molar-refractivity contribution in [2.24, 2.45) is 0 Å². The minimum atomic E-state index is 0.170. The fourth-order valence-corrected chi connectivity index (χ4v) is 6.53. The van der Waals surface area contributed by atoms with Crippen LogP contribution in [0.15, 0.2) is 48.9 Å². The summed E-state index contributed by atoms with van der Waals surface area (Å²) in [5.74, 6) is 3.60. The zero-order valence-electron chi connectivity index (χ0n) is 27.7. The molecule has 4 heterocycles. The van der Waals surface area contributed by atoms with Gasteiger partial charge in [-0.15, -0.1) is 0 Å². The summed E-state index contributed by atoms with van der Waals surface area (Å²) in [6, 6.07) is 8.55. The summed E-state index contributed by atoms with van der Waals surface area (Å²) in [4.78, 5) is 33.2. The van der Waals surface area contributed by atoms with Crippen molar-refractivity contribution >= 4 is 5.91 Å². The molecule has 2 aliphatic rings. The van der Waals surface area contributed by atoms with Gasteiger partial charge in [0.05, 0.1) is 36.9 Å². The average molecular weight is 623 g/mol. The molecule has 2 aromatic carbocycles. The van der Waals surface area contributed by atoms with Gasteiger partial charge < -0.3 is 29.2 Å². The van der Waals surface area contributed by atoms with Crippen LogP contribution in [0.1, 0.15) is 89.0 Å².